The Labute approximate surface area is 209 Å². The molecule has 35 heavy (non-hydrogen) atoms. The van der Waals surface area contributed by atoms with Crippen LogP contribution in [0.15, 0.2) is 72.8 Å². The number of carbonyl (C=O) groups excluding carboxylic acids is 2. The van der Waals surface area contributed by atoms with Crippen LogP contribution in [0.2, 0.25) is 5.02 Å². The van der Waals surface area contributed by atoms with Gasteiger partial charge in [0.15, 0.2) is 18.1 Å². The van der Waals surface area contributed by atoms with Crippen molar-refractivity contribution >= 4 is 34.8 Å². The molecule has 0 atom stereocenters. The number of halogens is 1. The number of benzene rings is 3. The molecule has 2 amide bonds. The number of amides is 2. The molecular weight excluding hydrogens is 468 g/mol. The van der Waals surface area contributed by atoms with Crippen LogP contribution in [0.1, 0.15) is 18.4 Å². The van der Waals surface area contributed by atoms with Crippen molar-refractivity contribution in [2.75, 3.05) is 37.6 Å². The Bertz CT molecular complexity index is 1180. The molecule has 1 heterocycles. The third-order valence-corrected chi connectivity index (χ3v) is 6.26. The lowest BCUT2D eigenvalue weighted by atomic mass is 9.73. The first-order valence-corrected chi connectivity index (χ1v) is 11.7. The molecule has 2 N–H and O–H groups in total. The molecule has 0 aliphatic carbocycles. The molecule has 0 bridgehead atoms. The van der Waals surface area contributed by atoms with Gasteiger partial charge in [0, 0.05) is 29.6 Å². The summed E-state index contributed by atoms with van der Waals surface area (Å²) >= 11 is 6.06. The van der Waals surface area contributed by atoms with Gasteiger partial charge in [-0.25, -0.2) is 0 Å². The zero-order valence-corrected chi connectivity index (χ0v) is 20.1. The summed E-state index contributed by atoms with van der Waals surface area (Å²) < 4.78 is 16.3. The summed E-state index contributed by atoms with van der Waals surface area (Å²) in [5.74, 6) is 0.579. The summed E-state index contributed by atoms with van der Waals surface area (Å²) in [5.41, 5.74) is 1.31. The van der Waals surface area contributed by atoms with Crippen LogP contribution in [-0.2, 0) is 19.7 Å². The predicted octanol–water partition coefficient (Wildman–Crippen LogP) is 5.05. The summed E-state index contributed by atoms with van der Waals surface area (Å²) in [5, 5.41) is 6.45. The zero-order chi connectivity index (χ0) is 24.7. The van der Waals surface area contributed by atoms with E-state index < -0.39 is 5.41 Å². The summed E-state index contributed by atoms with van der Waals surface area (Å²) in [6.07, 6.45) is 1.13. The molecule has 1 aliphatic heterocycles. The average molecular weight is 495 g/mol. The predicted molar refractivity (Wildman–Crippen MR) is 135 cm³/mol. The Morgan fingerprint density at radius 3 is 2.26 bits per heavy atom. The molecule has 0 unspecified atom stereocenters. The van der Waals surface area contributed by atoms with Gasteiger partial charge in [-0.3, -0.25) is 9.59 Å². The number of ether oxygens (including phenoxy) is 3. The molecule has 1 aliphatic rings. The van der Waals surface area contributed by atoms with Gasteiger partial charge < -0.3 is 24.8 Å². The molecule has 1 fully saturated rings. The second-order valence-electron chi connectivity index (χ2n) is 8.22. The lowest BCUT2D eigenvalue weighted by Crippen LogP contribution is -2.44. The fourth-order valence-corrected chi connectivity index (χ4v) is 4.27. The van der Waals surface area contributed by atoms with Crippen LogP contribution in [0.25, 0.3) is 0 Å². The van der Waals surface area contributed by atoms with Gasteiger partial charge in [0.25, 0.3) is 5.91 Å². The minimum atomic E-state index is -0.718. The van der Waals surface area contributed by atoms with Crippen molar-refractivity contribution < 1.29 is 23.8 Å². The van der Waals surface area contributed by atoms with Gasteiger partial charge in [0.05, 0.1) is 12.5 Å². The fraction of sp³-hybridized carbons (Fsp3) is 0.259. The summed E-state index contributed by atoms with van der Waals surface area (Å²) in [6, 6.07) is 21.5. The van der Waals surface area contributed by atoms with Gasteiger partial charge in [0.1, 0.15) is 0 Å². The van der Waals surface area contributed by atoms with Crippen molar-refractivity contribution in [2.45, 2.75) is 18.3 Å². The van der Waals surface area contributed by atoms with Crippen LogP contribution in [0.3, 0.4) is 0 Å². The zero-order valence-electron chi connectivity index (χ0n) is 19.4. The highest BCUT2D eigenvalue weighted by Gasteiger charge is 2.41. The summed E-state index contributed by atoms with van der Waals surface area (Å²) in [7, 11) is 1.54. The van der Waals surface area contributed by atoms with Crippen molar-refractivity contribution in [3.8, 4) is 11.5 Å². The second kappa shape index (κ2) is 11.3. The Morgan fingerprint density at radius 1 is 0.914 bits per heavy atom. The topological polar surface area (TPSA) is 85.9 Å². The van der Waals surface area contributed by atoms with Gasteiger partial charge in [0.2, 0.25) is 5.91 Å². The van der Waals surface area contributed by atoms with Crippen LogP contribution < -0.4 is 20.1 Å². The smallest absolute Gasteiger partial charge is 0.262 e. The highest BCUT2D eigenvalue weighted by atomic mass is 35.5. The summed E-state index contributed by atoms with van der Waals surface area (Å²) in [6.45, 7) is 0.813. The molecule has 7 nitrogen and oxygen atoms in total. The molecular formula is C27H27ClN2O5. The molecule has 0 aromatic heterocycles. The first-order chi connectivity index (χ1) is 17.0. The molecule has 4 rings (SSSR count). The minimum Gasteiger partial charge on any atom is -0.493 e. The molecule has 3 aromatic carbocycles. The molecule has 3 aromatic rings. The van der Waals surface area contributed by atoms with Crippen molar-refractivity contribution in [3.05, 3.63) is 83.4 Å². The van der Waals surface area contributed by atoms with E-state index in [1.807, 2.05) is 18.2 Å². The molecule has 1 saturated heterocycles. The standard InChI is InChI=1S/C27H27ClN2O5/c1-33-23-7-2-3-8-24(23)35-18-25(31)29-21-5-4-6-22(17-21)30-26(32)27(13-15-34-16-14-27)19-9-11-20(28)12-10-19/h2-12,17H,13-16,18H2,1H3,(H,29,31)(H,30,32). The maximum absolute atomic E-state index is 13.5. The first-order valence-electron chi connectivity index (χ1n) is 11.3. The van der Waals surface area contributed by atoms with Gasteiger partial charge in [-0.2, -0.15) is 0 Å². The van der Waals surface area contributed by atoms with Crippen molar-refractivity contribution in [1.29, 1.82) is 0 Å². The van der Waals surface area contributed by atoms with Gasteiger partial charge in [-0.05, 0) is 60.9 Å². The highest BCUT2D eigenvalue weighted by molar-refractivity contribution is 6.30. The Morgan fingerprint density at radius 2 is 1.57 bits per heavy atom. The second-order valence-corrected chi connectivity index (χ2v) is 8.66. The highest BCUT2D eigenvalue weighted by Crippen LogP contribution is 2.37. The van der Waals surface area contributed by atoms with E-state index in [0.29, 0.717) is 54.0 Å². The third-order valence-electron chi connectivity index (χ3n) is 6.01. The van der Waals surface area contributed by atoms with Crippen LogP contribution in [0.4, 0.5) is 11.4 Å². The summed E-state index contributed by atoms with van der Waals surface area (Å²) in [4.78, 5) is 26.0. The van der Waals surface area contributed by atoms with Crippen LogP contribution in [-0.4, -0.2) is 38.7 Å². The number of hydrogen-bond acceptors (Lipinski definition) is 5. The van der Waals surface area contributed by atoms with E-state index in [1.165, 1.54) is 0 Å². The third kappa shape index (κ3) is 5.93. The molecule has 0 saturated carbocycles. The SMILES string of the molecule is COc1ccccc1OCC(=O)Nc1cccc(NC(=O)C2(c3ccc(Cl)cc3)CCOCC2)c1. The quantitative estimate of drug-likeness (QED) is 0.457. The van der Waals surface area contributed by atoms with Crippen LogP contribution in [0.5, 0.6) is 11.5 Å². The number of methoxy groups -OCH3 is 1. The maximum Gasteiger partial charge on any atom is 0.262 e. The van der Waals surface area contributed by atoms with E-state index >= 15 is 0 Å². The largest absolute Gasteiger partial charge is 0.493 e. The van der Waals surface area contributed by atoms with Crippen molar-refractivity contribution in [2.24, 2.45) is 0 Å². The number of hydrogen-bond donors (Lipinski definition) is 2. The van der Waals surface area contributed by atoms with Crippen LogP contribution in [0, 0.1) is 0 Å². The Hall–Kier alpha value is -3.55. The van der Waals surface area contributed by atoms with E-state index in [-0.39, 0.29) is 18.4 Å². The number of carbonyl (C=O) groups is 2. The van der Waals surface area contributed by atoms with E-state index in [1.54, 1.807) is 61.7 Å². The monoisotopic (exact) mass is 494 g/mol. The van der Waals surface area contributed by atoms with Crippen LogP contribution >= 0.6 is 11.6 Å². The fourth-order valence-electron chi connectivity index (χ4n) is 4.14. The average Bonchev–Trinajstić information content (AvgIpc) is 2.88. The lowest BCUT2D eigenvalue weighted by Gasteiger charge is -2.36. The van der Waals surface area contributed by atoms with E-state index in [2.05, 4.69) is 10.6 Å². The normalized spacial score (nSPS) is 14.6. The van der Waals surface area contributed by atoms with Gasteiger partial charge in [-0.15, -0.1) is 0 Å². The Kier molecular flexibility index (Phi) is 7.90. The van der Waals surface area contributed by atoms with E-state index in [0.717, 1.165) is 5.56 Å². The molecule has 0 spiro atoms. The number of nitrogens with one attached hydrogen (secondary N) is 2. The number of para-hydroxylation sites is 2. The van der Waals surface area contributed by atoms with E-state index in [9.17, 15) is 9.59 Å². The number of rotatable bonds is 8. The van der Waals surface area contributed by atoms with Crippen molar-refractivity contribution in [1.82, 2.24) is 0 Å². The number of anilines is 2. The van der Waals surface area contributed by atoms with Crippen molar-refractivity contribution in [3.63, 3.8) is 0 Å². The van der Waals surface area contributed by atoms with E-state index in [4.69, 9.17) is 25.8 Å². The molecule has 8 heteroatoms. The Balaban J connectivity index is 1.43. The molecule has 0 radical (unpaired) electrons. The molecule has 182 valence electrons. The maximum atomic E-state index is 13.5. The minimum absolute atomic E-state index is 0.119. The lowest BCUT2D eigenvalue weighted by molar-refractivity contribution is -0.125. The van der Waals surface area contributed by atoms with Gasteiger partial charge >= 0.3 is 0 Å². The first kappa shape index (κ1) is 24.6. The van der Waals surface area contributed by atoms with Gasteiger partial charge in [-0.1, -0.05) is 41.9 Å².